The first-order valence-corrected chi connectivity index (χ1v) is 8.08. The summed E-state index contributed by atoms with van der Waals surface area (Å²) in [5.41, 5.74) is 6.26. The fourth-order valence-electron chi connectivity index (χ4n) is 2.51. The topological polar surface area (TPSA) is 29.9 Å². The third-order valence-corrected chi connectivity index (χ3v) is 3.82. The van der Waals surface area contributed by atoms with E-state index in [1.54, 1.807) is 0 Å². The van der Waals surface area contributed by atoms with Gasteiger partial charge < -0.3 is 5.32 Å². The molecule has 3 nitrogen and oxygen atoms in total. The van der Waals surface area contributed by atoms with Crippen molar-refractivity contribution < 1.29 is 0 Å². The van der Waals surface area contributed by atoms with Gasteiger partial charge in [-0.3, -0.25) is 0 Å². The highest BCUT2D eigenvalue weighted by molar-refractivity contribution is 5.44. The maximum atomic E-state index is 4.76. The molecule has 2 aromatic rings. The average molecular weight is 285 g/mol. The second-order valence-corrected chi connectivity index (χ2v) is 5.54. The summed E-state index contributed by atoms with van der Waals surface area (Å²) in [5, 5.41) is 8.23. The lowest BCUT2D eigenvalue weighted by Crippen LogP contribution is -2.14. The fraction of sp³-hybridized carbons (Fsp3) is 0.500. The van der Waals surface area contributed by atoms with E-state index in [0.29, 0.717) is 0 Å². The van der Waals surface area contributed by atoms with Gasteiger partial charge in [-0.25, -0.2) is 4.68 Å². The van der Waals surface area contributed by atoms with Gasteiger partial charge in [-0.2, -0.15) is 5.10 Å². The van der Waals surface area contributed by atoms with Crippen molar-refractivity contribution >= 4 is 0 Å². The van der Waals surface area contributed by atoms with E-state index < -0.39 is 0 Å². The quantitative estimate of drug-likeness (QED) is 0.784. The summed E-state index contributed by atoms with van der Waals surface area (Å²) in [6.45, 7) is 10.7. The molecule has 0 aliphatic carbocycles. The predicted octanol–water partition coefficient (Wildman–Crippen LogP) is 3.81. The molecule has 0 saturated carbocycles. The first-order valence-electron chi connectivity index (χ1n) is 8.08. The van der Waals surface area contributed by atoms with E-state index in [4.69, 9.17) is 5.10 Å². The van der Waals surface area contributed by atoms with Crippen molar-refractivity contribution in [1.82, 2.24) is 15.1 Å². The van der Waals surface area contributed by atoms with Gasteiger partial charge in [0.25, 0.3) is 0 Å². The van der Waals surface area contributed by atoms with Crippen molar-refractivity contribution in [2.24, 2.45) is 0 Å². The van der Waals surface area contributed by atoms with E-state index in [9.17, 15) is 0 Å². The summed E-state index contributed by atoms with van der Waals surface area (Å²) < 4.78 is 2.12. The molecule has 0 aliphatic heterocycles. The monoisotopic (exact) mass is 285 g/mol. The largest absolute Gasteiger partial charge is 0.313 e. The van der Waals surface area contributed by atoms with Crippen LogP contribution in [0.4, 0.5) is 0 Å². The van der Waals surface area contributed by atoms with Crippen LogP contribution in [-0.4, -0.2) is 16.3 Å². The number of rotatable bonds is 7. The van der Waals surface area contributed by atoms with E-state index in [0.717, 1.165) is 32.4 Å². The molecular weight excluding hydrogens is 258 g/mol. The van der Waals surface area contributed by atoms with Crippen molar-refractivity contribution in [2.45, 2.75) is 53.5 Å². The van der Waals surface area contributed by atoms with Crippen LogP contribution in [0, 0.1) is 6.92 Å². The molecule has 1 aromatic heterocycles. The van der Waals surface area contributed by atoms with Gasteiger partial charge >= 0.3 is 0 Å². The number of benzene rings is 1. The molecule has 0 aliphatic rings. The van der Waals surface area contributed by atoms with Gasteiger partial charge in [-0.1, -0.05) is 32.9 Å². The Bertz CT molecular complexity index is 584. The molecule has 0 saturated heterocycles. The average Bonchev–Trinajstić information content (AvgIpc) is 2.92. The van der Waals surface area contributed by atoms with E-state index >= 15 is 0 Å². The minimum Gasteiger partial charge on any atom is -0.313 e. The second kappa shape index (κ2) is 7.41. The molecule has 0 radical (unpaired) electrons. The lowest BCUT2D eigenvalue weighted by atomic mass is 10.1. The normalized spacial score (nSPS) is 11.0. The first-order chi connectivity index (χ1) is 10.2. The fourth-order valence-corrected chi connectivity index (χ4v) is 2.51. The zero-order chi connectivity index (χ0) is 15.2. The van der Waals surface area contributed by atoms with Gasteiger partial charge in [0.15, 0.2) is 0 Å². The van der Waals surface area contributed by atoms with Crippen LogP contribution in [0.5, 0.6) is 0 Å². The summed E-state index contributed by atoms with van der Waals surface area (Å²) >= 11 is 0. The molecule has 2 rings (SSSR count). The van der Waals surface area contributed by atoms with Gasteiger partial charge in [0, 0.05) is 12.2 Å². The smallest absolute Gasteiger partial charge is 0.0681 e. The zero-order valence-electron chi connectivity index (χ0n) is 13.7. The van der Waals surface area contributed by atoms with Crippen molar-refractivity contribution in [1.29, 1.82) is 0 Å². The molecule has 0 unspecified atom stereocenters. The molecule has 3 heteroatoms. The molecule has 0 fully saturated rings. The van der Waals surface area contributed by atoms with Gasteiger partial charge in [0.2, 0.25) is 0 Å². The van der Waals surface area contributed by atoms with Crippen LogP contribution in [0.1, 0.15) is 49.7 Å². The number of nitrogens with one attached hydrogen (secondary N) is 1. The lowest BCUT2D eigenvalue weighted by molar-refractivity contribution is 0.674. The van der Waals surface area contributed by atoms with Gasteiger partial charge in [-0.15, -0.1) is 0 Å². The SMILES string of the molecule is CCCNCc1ccc(C)c(-n2nc(CC)cc2CC)c1. The van der Waals surface area contributed by atoms with E-state index in [1.807, 2.05) is 0 Å². The Balaban J connectivity index is 2.33. The summed E-state index contributed by atoms with van der Waals surface area (Å²) in [4.78, 5) is 0. The molecule has 0 spiro atoms. The highest BCUT2D eigenvalue weighted by Crippen LogP contribution is 2.19. The van der Waals surface area contributed by atoms with E-state index in [2.05, 4.69) is 62.0 Å². The van der Waals surface area contributed by atoms with Crippen molar-refractivity contribution in [2.75, 3.05) is 6.54 Å². The maximum absolute atomic E-state index is 4.76. The summed E-state index contributed by atoms with van der Waals surface area (Å²) in [5.74, 6) is 0. The van der Waals surface area contributed by atoms with Gasteiger partial charge in [0.1, 0.15) is 0 Å². The maximum Gasteiger partial charge on any atom is 0.0681 e. The van der Waals surface area contributed by atoms with E-state index in [1.165, 1.54) is 28.2 Å². The Kier molecular flexibility index (Phi) is 5.57. The molecule has 1 aromatic carbocycles. The van der Waals surface area contributed by atoms with Crippen LogP contribution in [0.25, 0.3) is 5.69 Å². The minimum atomic E-state index is 0.921. The first kappa shape index (κ1) is 15.8. The summed E-state index contributed by atoms with van der Waals surface area (Å²) in [7, 11) is 0. The molecule has 1 heterocycles. The number of nitrogens with zero attached hydrogens (tertiary/aromatic N) is 2. The molecule has 0 amide bonds. The molecule has 0 bridgehead atoms. The Labute approximate surface area is 128 Å². The summed E-state index contributed by atoms with van der Waals surface area (Å²) in [6, 6.07) is 8.90. The molecule has 0 atom stereocenters. The summed E-state index contributed by atoms with van der Waals surface area (Å²) in [6.07, 6.45) is 3.15. The number of hydrogen-bond acceptors (Lipinski definition) is 2. The van der Waals surface area contributed by atoms with Gasteiger partial charge in [0.05, 0.1) is 11.4 Å². The minimum absolute atomic E-state index is 0.921. The Morgan fingerprint density at radius 1 is 1.10 bits per heavy atom. The van der Waals surface area contributed by atoms with Crippen molar-refractivity contribution in [3.05, 3.63) is 46.8 Å². The van der Waals surface area contributed by atoms with Crippen molar-refractivity contribution in [3.63, 3.8) is 0 Å². The Morgan fingerprint density at radius 2 is 1.90 bits per heavy atom. The highest BCUT2D eigenvalue weighted by atomic mass is 15.3. The number of aryl methyl sites for hydroxylation is 3. The van der Waals surface area contributed by atoms with Crippen LogP contribution in [0.15, 0.2) is 24.3 Å². The van der Waals surface area contributed by atoms with Crippen LogP contribution in [0.3, 0.4) is 0 Å². The predicted molar refractivity (Wildman–Crippen MR) is 89.1 cm³/mol. The van der Waals surface area contributed by atoms with Crippen LogP contribution < -0.4 is 5.32 Å². The van der Waals surface area contributed by atoms with Crippen LogP contribution in [-0.2, 0) is 19.4 Å². The lowest BCUT2D eigenvalue weighted by Gasteiger charge is -2.12. The Hall–Kier alpha value is -1.61. The third kappa shape index (κ3) is 3.73. The molecular formula is C18H27N3. The third-order valence-electron chi connectivity index (χ3n) is 3.82. The molecule has 21 heavy (non-hydrogen) atoms. The highest BCUT2D eigenvalue weighted by Gasteiger charge is 2.10. The second-order valence-electron chi connectivity index (χ2n) is 5.54. The van der Waals surface area contributed by atoms with E-state index in [-0.39, 0.29) is 0 Å². The molecule has 1 N–H and O–H groups in total. The Morgan fingerprint density at radius 3 is 2.57 bits per heavy atom. The standard InChI is InChI=1S/C18H27N3/c1-5-10-19-13-15-9-8-14(4)18(11-15)21-17(7-3)12-16(6-2)20-21/h8-9,11-12,19H,5-7,10,13H2,1-4H3. The molecule has 114 valence electrons. The van der Waals surface area contributed by atoms with Crippen molar-refractivity contribution in [3.8, 4) is 5.69 Å². The zero-order valence-corrected chi connectivity index (χ0v) is 13.7. The van der Waals surface area contributed by atoms with Gasteiger partial charge in [-0.05, 0) is 56.0 Å². The van der Waals surface area contributed by atoms with Crippen LogP contribution in [0.2, 0.25) is 0 Å². The number of hydrogen-bond donors (Lipinski definition) is 1. The number of aromatic nitrogens is 2. The van der Waals surface area contributed by atoms with Crippen LogP contribution >= 0.6 is 0 Å².